The molecule has 1 amide bonds. The van der Waals surface area contributed by atoms with Crippen molar-refractivity contribution in [3.05, 3.63) is 59.9 Å². The van der Waals surface area contributed by atoms with Crippen molar-refractivity contribution in [3.63, 3.8) is 0 Å². The molecule has 0 radical (unpaired) electrons. The zero-order valence-corrected chi connectivity index (χ0v) is 14.8. The number of hydrogen-bond acceptors (Lipinski definition) is 7. The van der Waals surface area contributed by atoms with Crippen LogP contribution in [0, 0.1) is 0 Å². The van der Waals surface area contributed by atoms with Gasteiger partial charge in [-0.1, -0.05) is 36.0 Å². The molecule has 1 aromatic carbocycles. The van der Waals surface area contributed by atoms with Gasteiger partial charge in [0, 0.05) is 23.7 Å². The largest absolute Gasteiger partial charge is 0.368 e. The number of thioether (sulfide) groups is 1. The number of primary amides is 1. The maximum atomic E-state index is 11.1. The van der Waals surface area contributed by atoms with Gasteiger partial charge in [0.25, 0.3) is 0 Å². The van der Waals surface area contributed by atoms with Gasteiger partial charge in [0.05, 0.1) is 6.04 Å². The first kappa shape index (κ1) is 17.9. The van der Waals surface area contributed by atoms with Crippen LogP contribution < -0.4 is 17.3 Å². The lowest BCUT2D eigenvalue weighted by molar-refractivity contribution is -0.119. The Balaban J connectivity index is 1.68. The smallest absolute Gasteiger partial charge is 0.234 e. The van der Waals surface area contributed by atoms with Crippen LogP contribution in [0.3, 0.4) is 0 Å². The number of nitrogens with zero attached hydrogens (tertiary/aromatic N) is 4. The van der Waals surface area contributed by atoms with E-state index < -0.39 is 11.9 Å². The first-order valence-electron chi connectivity index (χ1n) is 7.91. The molecule has 3 rings (SSSR count). The van der Waals surface area contributed by atoms with E-state index in [1.165, 1.54) is 16.4 Å². The molecular formula is C17H19N7OS. The number of nitrogen functional groups attached to an aromatic ring is 1. The first-order valence-corrected chi connectivity index (χ1v) is 8.89. The molecule has 1 unspecified atom stereocenters. The highest BCUT2D eigenvalue weighted by Gasteiger charge is 2.13. The van der Waals surface area contributed by atoms with Crippen molar-refractivity contribution in [2.75, 3.05) is 5.84 Å². The summed E-state index contributed by atoms with van der Waals surface area (Å²) in [6, 6.07) is 10.8. The second-order valence-electron chi connectivity index (χ2n) is 5.73. The monoisotopic (exact) mass is 369 g/mol. The highest BCUT2D eigenvalue weighted by atomic mass is 32.2. The quantitative estimate of drug-likeness (QED) is 0.411. The van der Waals surface area contributed by atoms with Gasteiger partial charge in [-0.25, -0.2) is 4.68 Å². The number of amides is 1. The summed E-state index contributed by atoms with van der Waals surface area (Å²) in [6.45, 7) is 0. The Morgan fingerprint density at radius 2 is 1.88 bits per heavy atom. The molecule has 6 N–H and O–H groups in total. The summed E-state index contributed by atoms with van der Waals surface area (Å²) in [5.41, 5.74) is 13.8. The number of aromatic nitrogens is 4. The molecule has 0 bridgehead atoms. The number of hydrogen-bond donors (Lipinski definition) is 3. The third-order valence-electron chi connectivity index (χ3n) is 3.78. The lowest BCUT2D eigenvalue weighted by Crippen LogP contribution is -2.38. The lowest BCUT2D eigenvalue weighted by atomic mass is 10.0. The summed E-state index contributed by atoms with van der Waals surface area (Å²) in [4.78, 5) is 15.1. The molecule has 9 heteroatoms. The number of nitrogens with two attached hydrogens (primary N) is 3. The molecule has 134 valence electrons. The summed E-state index contributed by atoms with van der Waals surface area (Å²) in [7, 11) is 0. The van der Waals surface area contributed by atoms with Crippen LogP contribution in [0.25, 0.3) is 11.4 Å². The third kappa shape index (κ3) is 4.19. The molecule has 26 heavy (non-hydrogen) atoms. The molecule has 0 spiro atoms. The Kier molecular flexibility index (Phi) is 5.49. The highest BCUT2D eigenvalue weighted by molar-refractivity contribution is 7.98. The van der Waals surface area contributed by atoms with Crippen LogP contribution in [0.1, 0.15) is 11.1 Å². The Morgan fingerprint density at radius 3 is 2.62 bits per heavy atom. The maximum absolute atomic E-state index is 11.1. The molecule has 0 aliphatic heterocycles. The van der Waals surface area contributed by atoms with Crippen LogP contribution in [0.2, 0.25) is 0 Å². The molecular weight excluding hydrogens is 350 g/mol. The standard InChI is InChI=1S/C17H19N7OS/c18-14(15(19)25)9-11-2-1-3-12(8-11)10-26-17-23-22-16(24(17)20)13-4-6-21-7-5-13/h1-8,14H,9-10,18,20H2,(H2,19,25). The second-order valence-corrected chi connectivity index (χ2v) is 6.68. The lowest BCUT2D eigenvalue weighted by Gasteiger charge is -2.09. The summed E-state index contributed by atoms with van der Waals surface area (Å²) in [5.74, 6) is 6.84. The summed E-state index contributed by atoms with van der Waals surface area (Å²) >= 11 is 1.48. The number of carbonyl (C=O) groups is 1. The molecule has 0 saturated heterocycles. The Morgan fingerprint density at radius 1 is 1.15 bits per heavy atom. The van der Waals surface area contributed by atoms with Crippen molar-refractivity contribution >= 4 is 17.7 Å². The van der Waals surface area contributed by atoms with Crippen LogP contribution in [0.4, 0.5) is 0 Å². The van der Waals surface area contributed by atoms with Crippen molar-refractivity contribution in [2.24, 2.45) is 11.5 Å². The van der Waals surface area contributed by atoms with Crippen molar-refractivity contribution in [2.45, 2.75) is 23.4 Å². The van der Waals surface area contributed by atoms with Gasteiger partial charge in [0.1, 0.15) is 0 Å². The van der Waals surface area contributed by atoms with E-state index in [1.807, 2.05) is 36.4 Å². The predicted molar refractivity (Wildman–Crippen MR) is 100 cm³/mol. The van der Waals surface area contributed by atoms with Crippen molar-refractivity contribution in [3.8, 4) is 11.4 Å². The summed E-state index contributed by atoms with van der Waals surface area (Å²) < 4.78 is 1.47. The molecule has 2 aromatic heterocycles. The van der Waals surface area contributed by atoms with Crippen molar-refractivity contribution < 1.29 is 4.79 Å². The van der Waals surface area contributed by atoms with Crippen LogP contribution >= 0.6 is 11.8 Å². The molecule has 0 aliphatic rings. The van der Waals surface area contributed by atoms with E-state index in [-0.39, 0.29) is 0 Å². The fraction of sp³-hybridized carbons (Fsp3) is 0.176. The topological polar surface area (TPSA) is 139 Å². The zero-order chi connectivity index (χ0) is 18.5. The average Bonchev–Trinajstić information content (AvgIpc) is 3.01. The fourth-order valence-electron chi connectivity index (χ4n) is 2.42. The third-order valence-corrected chi connectivity index (χ3v) is 4.80. The number of rotatable bonds is 7. The first-order chi connectivity index (χ1) is 12.5. The van der Waals surface area contributed by atoms with E-state index in [4.69, 9.17) is 17.3 Å². The van der Waals surface area contributed by atoms with Gasteiger partial charge in [0.2, 0.25) is 11.1 Å². The number of benzene rings is 1. The predicted octanol–water partition coefficient (Wildman–Crippen LogP) is 0.701. The summed E-state index contributed by atoms with van der Waals surface area (Å²) in [6.07, 6.45) is 3.77. The minimum atomic E-state index is -0.687. The van der Waals surface area contributed by atoms with Crippen LogP contribution in [0.15, 0.2) is 53.9 Å². The van der Waals surface area contributed by atoms with Gasteiger partial charge < -0.3 is 17.3 Å². The van der Waals surface area contributed by atoms with E-state index in [0.717, 1.165) is 16.7 Å². The number of pyridine rings is 1. The van der Waals surface area contributed by atoms with Gasteiger partial charge in [-0.15, -0.1) is 10.2 Å². The van der Waals surface area contributed by atoms with E-state index in [9.17, 15) is 4.79 Å². The normalized spacial score (nSPS) is 12.0. The van der Waals surface area contributed by atoms with E-state index in [1.54, 1.807) is 12.4 Å². The van der Waals surface area contributed by atoms with Gasteiger partial charge in [0.15, 0.2) is 5.82 Å². The molecule has 0 fully saturated rings. The Bertz CT molecular complexity index is 897. The Hall–Kier alpha value is -2.91. The Labute approximate surface area is 154 Å². The van der Waals surface area contributed by atoms with Crippen LogP contribution in [-0.2, 0) is 17.0 Å². The van der Waals surface area contributed by atoms with Crippen LogP contribution in [0.5, 0.6) is 0 Å². The average molecular weight is 369 g/mol. The van der Waals surface area contributed by atoms with Crippen molar-refractivity contribution in [1.82, 2.24) is 19.9 Å². The molecule has 0 aliphatic carbocycles. The molecule has 3 aromatic rings. The van der Waals surface area contributed by atoms with Gasteiger partial charge in [-0.2, -0.15) is 0 Å². The minimum Gasteiger partial charge on any atom is -0.368 e. The highest BCUT2D eigenvalue weighted by Crippen LogP contribution is 2.24. The second kappa shape index (κ2) is 7.98. The zero-order valence-electron chi connectivity index (χ0n) is 13.9. The molecule has 1 atom stereocenters. The van der Waals surface area contributed by atoms with Gasteiger partial charge in [-0.3, -0.25) is 9.78 Å². The molecule has 2 heterocycles. The SMILES string of the molecule is NC(=O)C(N)Cc1cccc(CSc2nnc(-c3ccncc3)n2N)c1. The van der Waals surface area contributed by atoms with E-state index in [2.05, 4.69) is 15.2 Å². The fourth-order valence-corrected chi connectivity index (χ4v) is 3.22. The van der Waals surface area contributed by atoms with Gasteiger partial charge >= 0.3 is 0 Å². The molecule has 0 saturated carbocycles. The van der Waals surface area contributed by atoms with Crippen LogP contribution in [-0.4, -0.2) is 31.8 Å². The maximum Gasteiger partial charge on any atom is 0.234 e. The minimum absolute atomic E-state index is 0.410. The number of carbonyl (C=O) groups excluding carboxylic acids is 1. The molecule has 8 nitrogen and oxygen atoms in total. The van der Waals surface area contributed by atoms with Crippen molar-refractivity contribution in [1.29, 1.82) is 0 Å². The van der Waals surface area contributed by atoms with E-state index >= 15 is 0 Å². The summed E-state index contributed by atoms with van der Waals surface area (Å²) in [5, 5.41) is 8.90. The van der Waals surface area contributed by atoms with Gasteiger partial charge in [-0.05, 0) is 29.7 Å². The van der Waals surface area contributed by atoms with E-state index in [0.29, 0.717) is 23.2 Å².